The SMILES string of the molecule is CN(Cc1ccncc1)c1nccn2c(C3CC3)nnc12. The summed E-state index contributed by atoms with van der Waals surface area (Å²) in [6.45, 7) is 0.765. The maximum atomic E-state index is 4.48. The van der Waals surface area contributed by atoms with Gasteiger partial charge < -0.3 is 4.90 Å². The predicted octanol–water partition coefficient (Wildman–Crippen LogP) is 2.03. The van der Waals surface area contributed by atoms with Crippen LogP contribution in [0.1, 0.15) is 30.1 Å². The Hall–Kier alpha value is -2.50. The lowest BCUT2D eigenvalue weighted by Gasteiger charge is -2.18. The summed E-state index contributed by atoms with van der Waals surface area (Å²) in [7, 11) is 2.02. The van der Waals surface area contributed by atoms with Crippen LogP contribution >= 0.6 is 0 Å². The molecule has 4 rings (SSSR count). The fourth-order valence-corrected chi connectivity index (χ4v) is 2.56. The summed E-state index contributed by atoms with van der Waals surface area (Å²) in [5.74, 6) is 2.49. The smallest absolute Gasteiger partial charge is 0.203 e. The van der Waals surface area contributed by atoms with Gasteiger partial charge in [-0.15, -0.1) is 10.2 Å². The van der Waals surface area contributed by atoms with E-state index < -0.39 is 0 Å². The normalized spacial score (nSPS) is 14.5. The van der Waals surface area contributed by atoms with E-state index in [-0.39, 0.29) is 0 Å². The van der Waals surface area contributed by atoms with E-state index in [1.165, 1.54) is 18.4 Å². The molecule has 0 aromatic carbocycles. The maximum absolute atomic E-state index is 4.48. The number of rotatable bonds is 4. The van der Waals surface area contributed by atoms with Crippen molar-refractivity contribution in [1.29, 1.82) is 0 Å². The largest absolute Gasteiger partial charge is 0.352 e. The van der Waals surface area contributed by atoms with Gasteiger partial charge in [0.2, 0.25) is 5.65 Å². The van der Waals surface area contributed by atoms with E-state index in [2.05, 4.69) is 29.5 Å². The summed E-state index contributed by atoms with van der Waals surface area (Å²) < 4.78 is 2.07. The summed E-state index contributed by atoms with van der Waals surface area (Å²) in [5, 5.41) is 8.68. The molecule has 0 atom stereocenters. The van der Waals surface area contributed by atoms with Crippen LogP contribution in [0.15, 0.2) is 36.9 Å². The number of hydrogen-bond donors (Lipinski definition) is 0. The molecular formula is C15H16N6. The van der Waals surface area contributed by atoms with Gasteiger partial charge in [-0.2, -0.15) is 0 Å². The molecule has 6 heteroatoms. The van der Waals surface area contributed by atoms with E-state index in [4.69, 9.17) is 0 Å². The van der Waals surface area contributed by atoms with Gasteiger partial charge in [0, 0.05) is 44.3 Å². The van der Waals surface area contributed by atoms with Gasteiger partial charge in [-0.25, -0.2) is 4.98 Å². The number of nitrogens with zero attached hydrogens (tertiary/aromatic N) is 6. The highest BCUT2D eigenvalue weighted by Crippen LogP contribution is 2.39. The van der Waals surface area contributed by atoms with E-state index in [1.807, 2.05) is 31.6 Å². The summed E-state index contributed by atoms with van der Waals surface area (Å²) in [5.41, 5.74) is 2.02. The maximum Gasteiger partial charge on any atom is 0.203 e. The Kier molecular flexibility index (Phi) is 2.80. The Labute approximate surface area is 122 Å². The molecule has 0 amide bonds. The molecule has 0 unspecified atom stereocenters. The van der Waals surface area contributed by atoms with Gasteiger partial charge in [-0.05, 0) is 30.5 Å². The number of hydrogen-bond acceptors (Lipinski definition) is 5. The minimum atomic E-state index is 0.570. The second-order valence-electron chi connectivity index (χ2n) is 5.49. The molecule has 0 spiro atoms. The van der Waals surface area contributed by atoms with Crippen LogP contribution in [0.4, 0.5) is 5.82 Å². The van der Waals surface area contributed by atoms with E-state index in [1.54, 1.807) is 12.4 Å². The van der Waals surface area contributed by atoms with Crippen molar-refractivity contribution in [3.8, 4) is 0 Å². The highest BCUT2D eigenvalue weighted by atomic mass is 15.3. The second kappa shape index (κ2) is 4.80. The zero-order valence-electron chi connectivity index (χ0n) is 11.8. The van der Waals surface area contributed by atoms with Gasteiger partial charge in [-0.1, -0.05) is 0 Å². The molecule has 1 saturated carbocycles. The third-order valence-corrected chi connectivity index (χ3v) is 3.81. The molecule has 106 valence electrons. The fraction of sp³-hybridized carbons (Fsp3) is 0.333. The lowest BCUT2D eigenvalue weighted by Crippen LogP contribution is -2.18. The van der Waals surface area contributed by atoms with Crippen LogP contribution in [0.3, 0.4) is 0 Å². The number of pyridine rings is 1. The van der Waals surface area contributed by atoms with E-state index >= 15 is 0 Å². The van der Waals surface area contributed by atoms with Gasteiger partial charge in [0.25, 0.3) is 0 Å². The first-order valence-electron chi connectivity index (χ1n) is 7.12. The van der Waals surface area contributed by atoms with E-state index in [0.29, 0.717) is 5.92 Å². The fourth-order valence-electron chi connectivity index (χ4n) is 2.56. The molecule has 3 heterocycles. The molecule has 3 aromatic heterocycles. The summed E-state index contributed by atoms with van der Waals surface area (Å²) >= 11 is 0. The van der Waals surface area contributed by atoms with Crippen LogP contribution < -0.4 is 4.90 Å². The molecule has 1 fully saturated rings. The number of anilines is 1. The first-order chi connectivity index (χ1) is 10.3. The average Bonchev–Trinajstić information content (AvgIpc) is 3.27. The topological polar surface area (TPSA) is 59.2 Å². The Morgan fingerprint density at radius 3 is 2.76 bits per heavy atom. The molecule has 1 aliphatic carbocycles. The van der Waals surface area contributed by atoms with Crippen LogP contribution in [0.2, 0.25) is 0 Å². The van der Waals surface area contributed by atoms with Crippen molar-refractivity contribution in [2.45, 2.75) is 25.3 Å². The molecule has 0 bridgehead atoms. The number of fused-ring (bicyclic) bond motifs is 1. The van der Waals surface area contributed by atoms with Gasteiger partial charge in [0.1, 0.15) is 5.82 Å². The highest BCUT2D eigenvalue weighted by molar-refractivity contribution is 5.63. The summed E-state index contributed by atoms with van der Waals surface area (Å²) in [6.07, 6.45) is 9.81. The highest BCUT2D eigenvalue weighted by Gasteiger charge is 2.29. The second-order valence-corrected chi connectivity index (χ2v) is 5.49. The van der Waals surface area contributed by atoms with Crippen molar-refractivity contribution >= 4 is 11.5 Å². The van der Waals surface area contributed by atoms with Crippen LogP contribution in [-0.4, -0.2) is 31.6 Å². The van der Waals surface area contributed by atoms with Crippen LogP contribution in [0, 0.1) is 0 Å². The Balaban J connectivity index is 1.69. The van der Waals surface area contributed by atoms with Crippen LogP contribution in [0.25, 0.3) is 5.65 Å². The zero-order valence-corrected chi connectivity index (χ0v) is 11.8. The first-order valence-corrected chi connectivity index (χ1v) is 7.12. The molecule has 3 aromatic rings. The minimum Gasteiger partial charge on any atom is -0.352 e. The number of aromatic nitrogens is 5. The summed E-state index contributed by atoms with van der Waals surface area (Å²) in [6, 6.07) is 4.02. The zero-order chi connectivity index (χ0) is 14.2. The average molecular weight is 280 g/mol. The van der Waals surface area contributed by atoms with Gasteiger partial charge >= 0.3 is 0 Å². The molecule has 0 saturated heterocycles. The van der Waals surface area contributed by atoms with Crippen molar-refractivity contribution in [3.63, 3.8) is 0 Å². The van der Waals surface area contributed by atoms with Crippen LogP contribution in [0.5, 0.6) is 0 Å². The first kappa shape index (κ1) is 12.3. The van der Waals surface area contributed by atoms with Crippen molar-refractivity contribution in [2.75, 3.05) is 11.9 Å². The quantitative estimate of drug-likeness (QED) is 0.732. The van der Waals surface area contributed by atoms with Crippen LogP contribution in [-0.2, 0) is 6.54 Å². The molecular weight excluding hydrogens is 264 g/mol. The lowest BCUT2D eigenvalue weighted by molar-refractivity contribution is 0.876. The standard InChI is InChI=1S/C15H16N6/c1-20(10-11-4-6-16-7-5-11)14-15-19-18-13(12-2-3-12)21(15)9-8-17-14/h4-9,12H,2-3,10H2,1H3. The van der Waals surface area contributed by atoms with Gasteiger partial charge in [-0.3, -0.25) is 9.38 Å². The Morgan fingerprint density at radius 2 is 2.00 bits per heavy atom. The van der Waals surface area contributed by atoms with Crippen molar-refractivity contribution in [1.82, 2.24) is 24.6 Å². The lowest BCUT2D eigenvalue weighted by atomic mass is 10.2. The van der Waals surface area contributed by atoms with E-state index in [0.717, 1.165) is 23.8 Å². The Morgan fingerprint density at radius 1 is 1.19 bits per heavy atom. The molecule has 0 N–H and O–H groups in total. The molecule has 0 aliphatic heterocycles. The monoisotopic (exact) mass is 280 g/mol. The van der Waals surface area contributed by atoms with Crippen molar-refractivity contribution in [2.24, 2.45) is 0 Å². The van der Waals surface area contributed by atoms with E-state index in [9.17, 15) is 0 Å². The molecule has 0 radical (unpaired) electrons. The molecule has 1 aliphatic rings. The summed E-state index contributed by atoms with van der Waals surface area (Å²) in [4.78, 5) is 10.6. The third-order valence-electron chi connectivity index (χ3n) is 3.81. The van der Waals surface area contributed by atoms with Crippen molar-refractivity contribution < 1.29 is 0 Å². The van der Waals surface area contributed by atoms with Crippen molar-refractivity contribution in [3.05, 3.63) is 48.3 Å². The third kappa shape index (κ3) is 2.22. The van der Waals surface area contributed by atoms with Gasteiger partial charge in [0.05, 0.1) is 0 Å². The molecule has 6 nitrogen and oxygen atoms in total. The molecule has 21 heavy (non-hydrogen) atoms. The Bertz CT molecular complexity index is 762. The predicted molar refractivity (Wildman–Crippen MR) is 79.1 cm³/mol. The minimum absolute atomic E-state index is 0.570. The van der Waals surface area contributed by atoms with Gasteiger partial charge in [0.15, 0.2) is 5.82 Å².